The smallest absolute Gasteiger partial charge is 0.317 e. The van der Waals surface area contributed by atoms with E-state index in [-0.39, 0.29) is 25.0 Å². The lowest BCUT2D eigenvalue weighted by Gasteiger charge is -2.26. The molecule has 1 atom stereocenters. The van der Waals surface area contributed by atoms with Crippen LogP contribution >= 0.6 is 0 Å². The van der Waals surface area contributed by atoms with Crippen molar-refractivity contribution in [2.75, 3.05) is 13.6 Å². The van der Waals surface area contributed by atoms with Gasteiger partial charge in [0, 0.05) is 19.6 Å². The molecule has 5 heteroatoms. The Morgan fingerprint density at radius 1 is 1.47 bits per heavy atom. The number of aliphatic carboxylic acids is 1. The van der Waals surface area contributed by atoms with E-state index in [1.807, 2.05) is 0 Å². The molecule has 17 heavy (non-hydrogen) atoms. The Balaban J connectivity index is 2.34. The van der Waals surface area contributed by atoms with E-state index in [1.54, 1.807) is 11.9 Å². The van der Waals surface area contributed by atoms with Crippen molar-refractivity contribution in [3.05, 3.63) is 0 Å². The number of carbonyl (C=O) groups is 2. The van der Waals surface area contributed by atoms with Crippen molar-refractivity contribution in [1.82, 2.24) is 10.2 Å². The molecule has 1 fully saturated rings. The minimum Gasteiger partial charge on any atom is -0.481 e. The summed E-state index contributed by atoms with van der Waals surface area (Å²) in [5, 5.41) is 11.1. The zero-order chi connectivity index (χ0) is 13.1. The van der Waals surface area contributed by atoms with Crippen LogP contribution in [-0.4, -0.2) is 41.6 Å². The summed E-state index contributed by atoms with van der Waals surface area (Å²) in [6.45, 7) is 4.61. The minimum absolute atomic E-state index is 0.0320. The quantitative estimate of drug-likeness (QED) is 0.788. The van der Waals surface area contributed by atoms with E-state index in [1.165, 1.54) is 0 Å². The molecular formula is C12H22N2O3. The highest BCUT2D eigenvalue weighted by atomic mass is 16.4. The fraction of sp³-hybridized carbons (Fsp3) is 0.833. The third-order valence-electron chi connectivity index (χ3n) is 3.43. The molecule has 0 saturated heterocycles. The summed E-state index contributed by atoms with van der Waals surface area (Å²) in [5.41, 5.74) is 0.306. The van der Waals surface area contributed by atoms with Gasteiger partial charge in [-0.2, -0.15) is 0 Å². The first-order chi connectivity index (χ1) is 7.82. The average molecular weight is 242 g/mol. The van der Waals surface area contributed by atoms with Crippen molar-refractivity contribution in [3.63, 3.8) is 0 Å². The van der Waals surface area contributed by atoms with Crippen molar-refractivity contribution >= 4 is 12.0 Å². The normalized spacial score (nSPS) is 22.2. The van der Waals surface area contributed by atoms with Gasteiger partial charge >= 0.3 is 12.0 Å². The van der Waals surface area contributed by atoms with Gasteiger partial charge in [0.15, 0.2) is 0 Å². The lowest BCUT2D eigenvalue weighted by Crippen LogP contribution is -2.43. The molecule has 0 heterocycles. The number of carboxylic acids is 1. The molecule has 5 nitrogen and oxygen atoms in total. The maximum atomic E-state index is 11.7. The van der Waals surface area contributed by atoms with Crippen LogP contribution in [0.2, 0.25) is 0 Å². The van der Waals surface area contributed by atoms with Crippen LogP contribution in [0.15, 0.2) is 0 Å². The second-order valence-corrected chi connectivity index (χ2v) is 5.55. The van der Waals surface area contributed by atoms with E-state index >= 15 is 0 Å². The summed E-state index contributed by atoms with van der Waals surface area (Å²) in [7, 11) is 1.78. The molecule has 1 saturated carbocycles. The maximum absolute atomic E-state index is 11.7. The van der Waals surface area contributed by atoms with Crippen LogP contribution in [0, 0.1) is 5.41 Å². The number of nitrogens with one attached hydrogen (secondary N) is 1. The van der Waals surface area contributed by atoms with E-state index in [2.05, 4.69) is 19.2 Å². The van der Waals surface area contributed by atoms with Gasteiger partial charge in [-0.15, -0.1) is 0 Å². The molecule has 0 aromatic carbocycles. The number of carboxylic acid groups (broad SMARTS) is 1. The number of nitrogens with zero attached hydrogens (tertiary/aromatic N) is 1. The second-order valence-electron chi connectivity index (χ2n) is 5.55. The monoisotopic (exact) mass is 242 g/mol. The van der Waals surface area contributed by atoms with Crippen molar-refractivity contribution in [1.29, 1.82) is 0 Å². The number of carbonyl (C=O) groups excluding carboxylic acids is 1. The van der Waals surface area contributed by atoms with Gasteiger partial charge in [0.1, 0.15) is 0 Å². The number of hydrogen-bond acceptors (Lipinski definition) is 2. The first-order valence-corrected chi connectivity index (χ1v) is 6.04. The van der Waals surface area contributed by atoms with Crippen LogP contribution in [0.25, 0.3) is 0 Å². The molecule has 98 valence electrons. The van der Waals surface area contributed by atoms with Crippen LogP contribution in [-0.2, 0) is 4.79 Å². The molecular weight excluding hydrogens is 220 g/mol. The van der Waals surface area contributed by atoms with E-state index in [0.29, 0.717) is 5.41 Å². The molecule has 1 aliphatic rings. The standard InChI is InChI=1S/C12H22N2O3/c1-12(2)6-4-9(8-12)14(3)11(17)13-7-5-10(15)16/h9H,4-8H2,1-3H3,(H,13,17)(H,15,16). The molecule has 1 rings (SSSR count). The van der Waals surface area contributed by atoms with Crippen LogP contribution in [0.4, 0.5) is 4.79 Å². The third-order valence-corrected chi connectivity index (χ3v) is 3.43. The summed E-state index contributed by atoms with van der Waals surface area (Å²) in [6.07, 6.45) is 3.13. The topological polar surface area (TPSA) is 69.6 Å². The summed E-state index contributed by atoms with van der Waals surface area (Å²) in [4.78, 5) is 23.8. The zero-order valence-corrected chi connectivity index (χ0v) is 10.8. The van der Waals surface area contributed by atoms with Crippen molar-refractivity contribution in [2.45, 2.75) is 45.6 Å². The Labute approximate surface area is 102 Å². The van der Waals surface area contributed by atoms with Crippen molar-refractivity contribution < 1.29 is 14.7 Å². The lowest BCUT2D eigenvalue weighted by atomic mass is 9.92. The molecule has 2 amide bonds. The van der Waals surface area contributed by atoms with Gasteiger partial charge in [0.05, 0.1) is 6.42 Å². The van der Waals surface area contributed by atoms with Gasteiger partial charge in [-0.1, -0.05) is 13.8 Å². The van der Waals surface area contributed by atoms with E-state index in [9.17, 15) is 9.59 Å². The number of urea groups is 1. The maximum Gasteiger partial charge on any atom is 0.317 e. The SMILES string of the molecule is CN(C(=O)NCCC(=O)O)C1CCC(C)(C)C1. The van der Waals surface area contributed by atoms with Gasteiger partial charge < -0.3 is 15.3 Å². The first-order valence-electron chi connectivity index (χ1n) is 6.04. The fourth-order valence-corrected chi connectivity index (χ4v) is 2.30. The van der Waals surface area contributed by atoms with Gasteiger partial charge in [-0.3, -0.25) is 4.79 Å². The van der Waals surface area contributed by atoms with Gasteiger partial charge in [-0.05, 0) is 24.7 Å². The molecule has 0 radical (unpaired) electrons. The van der Waals surface area contributed by atoms with Crippen LogP contribution in [0.1, 0.15) is 39.5 Å². The fourth-order valence-electron chi connectivity index (χ4n) is 2.30. The molecule has 2 N–H and O–H groups in total. The van der Waals surface area contributed by atoms with Crippen LogP contribution < -0.4 is 5.32 Å². The predicted octanol–water partition coefficient (Wildman–Crippen LogP) is 1.68. The summed E-state index contributed by atoms with van der Waals surface area (Å²) < 4.78 is 0. The first kappa shape index (κ1) is 13.8. The number of rotatable bonds is 4. The van der Waals surface area contributed by atoms with Crippen molar-refractivity contribution in [2.24, 2.45) is 5.41 Å². The minimum atomic E-state index is -0.894. The van der Waals surface area contributed by atoms with E-state index < -0.39 is 5.97 Å². The van der Waals surface area contributed by atoms with Gasteiger partial charge in [-0.25, -0.2) is 4.79 Å². The average Bonchev–Trinajstić information content (AvgIpc) is 2.57. The van der Waals surface area contributed by atoms with Crippen molar-refractivity contribution in [3.8, 4) is 0 Å². The van der Waals surface area contributed by atoms with E-state index in [0.717, 1.165) is 19.3 Å². The number of hydrogen-bond donors (Lipinski definition) is 2. The third kappa shape index (κ3) is 4.24. The lowest BCUT2D eigenvalue weighted by molar-refractivity contribution is -0.136. The summed E-state index contributed by atoms with van der Waals surface area (Å²) in [6, 6.07) is 0.101. The highest BCUT2D eigenvalue weighted by Crippen LogP contribution is 2.38. The Bertz CT molecular complexity index is 302. The van der Waals surface area contributed by atoms with E-state index in [4.69, 9.17) is 5.11 Å². The molecule has 0 aromatic rings. The highest BCUT2D eigenvalue weighted by molar-refractivity contribution is 5.75. The Morgan fingerprint density at radius 2 is 2.12 bits per heavy atom. The molecule has 1 unspecified atom stereocenters. The summed E-state index contributed by atoms with van der Waals surface area (Å²) >= 11 is 0. The molecule has 0 aromatic heterocycles. The van der Waals surface area contributed by atoms with Crippen LogP contribution in [0.3, 0.4) is 0 Å². The largest absolute Gasteiger partial charge is 0.481 e. The van der Waals surface area contributed by atoms with Crippen LogP contribution in [0.5, 0.6) is 0 Å². The van der Waals surface area contributed by atoms with Gasteiger partial charge in [0.2, 0.25) is 0 Å². The zero-order valence-electron chi connectivity index (χ0n) is 10.8. The predicted molar refractivity (Wildman–Crippen MR) is 64.8 cm³/mol. The Morgan fingerprint density at radius 3 is 2.59 bits per heavy atom. The number of amides is 2. The Hall–Kier alpha value is -1.26. The highest BCUT2D eigenvalue weighted by Gasteiger charge is 2.34. The Kier molecular flexibility index (Phi) is 4.37. The molecule has 1 aliphatic carbocycles. The van der Waals surface area contributed by atoms with Gasteiger partial charge in [0.25, 0.3) is 0 Å². The second kappa shape index (κ2) is 5.38. The summed E-state index contributed by atoms with van der Waals surface area (Å²) in [5.74, 6) is -0.894. The molecule has 0 bridgehead atoms. The molecule has 0 spiro atoms. The molecule has 0 aliphatic heterocycles.